The van der Waals surface area contributed by atoms with Crippen molar-refractivity contribution in [2.24, 2.45) is 11.3 Å². The summed E-state index contributed by atoms with van der Waals surface area (Å²) in [6, 6.07) is 0.206. The van der Waals surface area contributed by atoms with Crippen LogP contribution >= 0.6 is 0 Å². The second-order valence-electron chi connectivity index (χ2n) is 4.57. The fraction of sp³-hybridized carbons (Fsp3) is 1.00. The number of hydrogen-bond acceptors (Lipinski definition) is 3. The molecule has 0 spiro atoms. The van der Waals surface area contributed by atoms with E-state index in [-0.39, 0.29) is 17.6 Å². The van der Waals surface area contributed by atoms with Gasteiger partial charge in [-0.15, -0.1) is 0 Å². The van der Waals surface area contributed by atoms with E-state index in [9.17, 15) is 0 Å². The van der Waals surface area contributed by atoms with Crippen molar-refractivity contribution in [3.05, 3.63) is 0 Å². The maximum Gasteiger partial charge on any atom is 0.0742 e. The van der Waals surface area contributed by atoms with Crippen LogP contribution in [-0.2, 0) is 4.74 Å². The average Bonchev–Trinajstić information content (AvgIpc) is 2.01. The van der Waals surface area contributed by atoms with Crippen molar-refractivity contribution >= 4 is 0 Å². The smallest absolute Gasteiger partial charge is 0.0742 e. The molecule has 0 aliphatic carbocycles. The molecule has 0 saturated heterocycles. The number of ether oxygens (including phenoxy) is 1. The lowest BCUT2D eigenvalue weighted by atomic mass is 9.82. The summed E-state index contributed by atoms with van der Waals surface area (Å²) in [7, 11) is 1.75. The maximum atomic E-state index is 5.54. The van der Waals surface area contributed by atoms with Gasteiger partial charge in [-0.2, -0.15) is 0 Å². The number of hydrazine groups is 1. The topological polar surface area (TPSA) is 47.3 Å². The maximum absolute atomic E-state index is 5.54. The second-order valence-corrected chi connectivity index (χ2v) is 4.57. The normalized spacial score (nSPS) is 17.1. The summed E-state index contributed by atoms with van der Waals surface area (Å²) >= 11 is 0. The standard InChI is InChI=1S/C10H24N2O/c1-6-7-8(13-5)9(12-11)10(2,3)4/h8-9,12H,6-7,11H2,1-5H3. The van der Waals surface area contributed by atoms with Gasteiger partial charge in [0, 0.05) is 7.11 Å². The number of nitrogens with two attached hydrogens (primary N) is 1. The van der Waals surface area contributed by atoms with Crippen LogP contribution in [0.15, 0.2) is 0 Å². The fourth-order valence-electron chi connectivity index (χ4n) is 1.62. The van der Waals surface area contributed by atoms with Crippen molar-refractivity contribution in [1.29, 1.82) is 0 Å². The predicted octanol–water partition coefficient (Wildman–Crippen LogP) is 1.68. The Morgan fingerprint density at radius 1 is 1.38 bits per heavy atom. The zero-order valence-corrected chi connectivity index (χ0v) is 9.55. The number of rotatable bonds is 5. The Hall–Kier alpha value is -0.120. The van der Waals surface area contributed by atoms with Crippen LogP contribution in [-0.4, -0.2) is 19.3 Å². The van der Waals surface area contributed by atoms with Gasteiger partial charge >= 0.3 is 0 Å². The average molecular weight is 188 g/mol. The van der Waals surface area contributed by atoms with Crippen molar-refractivity contribution < 1.29 is 4.74 Å². The van der Waals surface area contributed by atoms with Crippen LogP contribution < -0.4 is 11.3 Å². The van der Waals surface area contributed by atoms with Crippen molar-refractivity contribution in [2.75, 3.05) is 7.11 Å². The third-order valence-electron chi connectivity index (χ3n) is 2.36. The van der Waals surface area contributed by atoms with E-state index in [0.29, 0.717) is 0 Å². The van der Waals surface area contributed by atoms with Gasteiger partial charge in [0.1, 0.15) is 0 Å². The first kappa shape index (κ1) is 12.9. The molecule has 0 heterocycles. The summed E-state index contributed by atoms with van der Waals surface area (Å²) in [4.78, 5) is 0. The molecule has 0 saturated carbocycles. The summed E-state index contributed by atoms with van der Waals surface area (Å²) in [5.41, 5.74) is 2.98. The Morgan fingerprint density at radius 3 is 2.15 bits per heavy atom. The van der Waals surface area contributed by atoms with Crippen LogP contribution in [0, 0.1) is 5.41 Å². The molecule has 3 N–H and O–H groups in total. The molecule has 0 aliphatic rings. The van der Waals surface area contributed by atoms with Crippen molar-refractivity contribution in [1.82, 2.24) is 5.43 Å². The third-order valence-corrected chi connectivity index (χ3v) is 2.36. The highest BCUT2D eigenvalue weighted by Gasteiger charge is 2.30. The Morgan fingerprint density at radius 2 is 1.92 bits per heavy atom. The molecule has 0 rings (SSSR count). The van der Waals surface area contributed by atoms with Crippen LogP contribution in [0.25, 0.3) is 0 Å². The summed E-state index contributed by atoms with van der Waals surface area (Å²) in [5.74, 6) is 5.54. The van der Waals surface area contributed by atoms with E-state index in [2.05, 4.69) is 33.1 Å². The number of hydrogen-bond donors (Lipinski definition) is 2. The molecular weight excluding hydrogens is 164 g/mol. The van der Waals surface area contributed by atoms with Crippen molar-refractivity contribution in [3.8, 4) is 0 Å². The summed E-state index contributed by atoms with van der Waals surface area (Å²) in [5, 5.41) is 0. The molecule has 0 fully saturated rings. The monoisotopic (exact) mass is 188 g/mol. The van der Waals surface area contributed by atoms with Crippen molar-refractivity contribution in [2.45, 2.75) is 52.7 Å². The van der Waals surface area contributed by atoms with Crippen LogP contribution in [0.4, 0.5) is 0 Å². The summed E-state index contributed by atoms with van der Waals surface area (Å²) in [6.45, 7) is 8.65. The van der Waals surface area contributed by atoms with E-state index in [4.69, 9.17) is 10.6 Å². The van der Waals surface area contributed by atoms with Gasteiger partial charge in [-0.1, -0.05) is 34.1 Å². The molecule has 0 bridgehead atoms. The first-order chi connectivity index (χ1) is 5.97. The van der Waals surface area contributed by atoms with E-state index in [1.807, 2.05) is 0 Å². The largest absolute Gasteiger partial charge is 0.380 e. The van der Waals surface area contributed by atoms with Crippen LogP contribution in [0.5, 0.6) is 0 Å². The molecule has 3 nitrogen and oxygen atoms in total. The SMILES string of the molecule is CCCC(OC)C(NN)C(C)(C)C. The minimum absolute atomic E-state index is 0.130. The summed E-state index contributed by atoms with van der Waals surface area (Å²) < 4.78 is 5.43. The first-order valence-corrected chi connectivity index (χ1v) is 4.96. The molecule has 13 heavy (non-hydrogen) atoms. The van der Waals surface area contributed by atoms with Gasteiger partial charge in [-0.25, -0.2) is 0 Å². The lowest BCUT2D eigenvalue weighted by molar-refractivity contribution is 0.0229. The molecule has 0 amide bonds. The highest BCUT2D eigenvalue weighted by Crippen LogP contribution is 2.24. The molecule has 0 radical (unpaired) electrons. The third kappa shape index (κ3) is 4.07. The lowest BCUT2D eigenvalue weighted by Gasteiger charge is -2.35. The quantitative estimate of drug-likeness (QED) is 0.510. The molecule has 0 aliphatic heterocycles. The minimum Gasteiger partial charge on any atom is -0.380 e. The zero-order chi connectivity index (χ0) is 10.5. The zero-order valence-electron chi connectivity index (χ0n) is 9.55. The molecule has 0 aromatic rings. The van der Waals surface area contributed by atoms with Gasteiger partial charge in [0.05, 0.1) is 12.1 Å². The predicted molar refractivity (Wildman–Crippen MR) is 56.3 cm³/mol. The summed E-state index contributed by atoms with van der Waals surface area (Å²) in [6.07, 6.45) is 2.37. The fourth-order valence-corrected chi connectivity index (χ4v) is 1.62. The Labute approximate surface area is 82.0 Å². The van der Waals surface area contributed by atoms with E-state index >= 15 is 0 Å². The van der Waals surface area contributed by atoms with Gasteiger partial charge in [-0.3, -0.25) is 11.3 Å². The lowest BCUT2D eigenvalue weighted by Crippen LogP contribution is -2.52. The van der Waals surface area contributed by atoms with Gasteiger partial charge in [0.15, 0.2) is 0 Å². The molecule has 2 unspecified atom stereocenters. The first-order valence-electron chi connectivity index (χ1n) is 4.96. The van der Waals surface area contributed by atoms with E-state index in [1.165, 1.54) is 0 Å². The number of methoxy groups -OCH3 is 1. The number of nitrogens with one attached hydrogen (secondary N) is 1. The molecule has 0 aromatic heterocycles. The Balaban J connectivity index is 4.34. The van der Waals surface area contributed by atoms with Crippen LogP contribution in [0.2, 0.25) is 0 Å². The van der Waals surface area contributed by atoms with Gasteiger partial charge < -0.3 is 4.74 Å². The van der Waals surface area contributed by atoms with Gasteiger partial charge in [-0.05, 0) is 11.8 Å². The van der Waals surface area contributed by atoms with E-state index in [0.717, 1.165) is 12.8 Å². The second kappa shape index (κ2) is 5.58. The Bertz CT molecular complexity index is 131. The van der Waals surface area contributed by atoms with E-state index in [1.54, 1.807) is 7.11 Å². The highest BCUT2D eigenvalue weighted by atomic mass is 16.5. The van der Waals surface area contributed by atoms with Gasteiger partial charge in [0.2, 0.25) is 0 Å². The van der Waals surface area contributed by atoms with E-state index < -0.39 is 0 Å². The molecule has 2 atom stereocenters. The molecule has 0 aromatic carbocycles. The van der Waals surface area contributed by atoms with Gasteiger partial charge in [0.25, 0.3) is 0 Å². The molecule has 80 valence electrons. The van der Waals surface area contributed by atoms with Crippen LogP contribution in [0.1, 0.15) is 40.5 Å². The Kier molecular flexibility index (Phi) is 5.53. The molecule has 3 heteroatoms. The highest BCUT2D eigenvalue weighted by molar-refractivity contribution is 4.85. The molecular formula is C10H24N2O. The minimum atomic E-state index is 0.130. The van der Waals surface area contributed by atoms with Crippen molar-refractivity contribution in [3.63, 3.8) is 0 Å². The van der Waals surface area contributed by atoms with Crippen LogP contribution in [0.3, 0.4) is 0 Å².